The van der Waals surface area contributed by atoms with Gasteiger partial charge in [0.1, 0.15) is 0 Å². The Kier molecular flexibility index (Phi) is 5.15. The lowest BCUT2D eigenvalue weighted by Crippen LogP contribution is -1.84. The SMILES string of the molecule is Cc1cccc2c(C)c3ccccc3cc12.Cc1cccc2cc3c(C)cccc3cc12. The van der Waals surface area contributed by atoms with E-state index in [1.165, 1.54) is 65.3 Å². The van der Waals surface area contributed by atoms with Gasteiger partial charge in [-0.1, -0.05) is 78.9 Å². The summed E-state index contributed by atoms with van der Waals surface area (Å²) >= 11 is 0. The molecule has 0 aliphatic rings. The molecule has 0 aliphatic carbocycles. The monoisotopic (exact) mass is 412 g/mol. The predicted molar refractivity (Wildman–Crippen MR) is 142 cm³/mol. The van der Waals surface area contributed by atoms with Crippen molar-refractivity contribution in [3.05, 3.63) is 119 Å². The van der Waals surface area contributed by atoms with Crippen LogP contribution in [-0.2, 0) is 0 Å². The molecule has 156 valence electrons. The van der Waals surface area contributed by atoms with Crippen molar-refractivity contribution >= 4 is 43.1 Å². The Labute approximate surface area is 190 Å². The number of hydrogen-bond acceptors (Lipinski definition) is 0. The standard InChI is InChI=1S/2C16H14/c1-11-5-3-7-13-10-16-12(2)6-4-8-14(16)9-15(11)13;1-11-6-5-9-15-12(2)14-8-4-3-7-13(14)10-16(11)15/h2*3-10H,1-2H3. The minimum absolute atomic E-state index is 1.34. The first-order valence-electron chi connectivity index (χ1n) is 11.3. The van der Waals surface area contributed by atoms with Crippen LogP contribution in [0.1, 0.15) is 22.3 Å². The molecule has 32 heavy (non-hydrogen) atoms. The van der Waals surface area contributed by atoms with Crippen molar-refractivity contribution in [2.75, 3.05) is 0 Å². The number of rotatable bonds is 0. The van der Waals surface area contributed by atoms with Crippen molar-refractivity contribution in [3.8, 4) is 0 Å². The van der Waals surface area contributed by atoms with Crippen LogP contribution in [-0.4, -0.2) is 0 Å². The Balaban J connectivity index is 0.000000135. The maximum absolute atomic E-state index is 2.30. The molecule has 6 rings (SSSR count). The Morgan fingerprint density at radius 2 is 0.750 bits per heavy atom. The van der Waals surface area contributed by atoms with E-state index in [2.05, 4.69) is 125 Å². The highest BCUT2D eigenvalue weighted by Gasteiger charge is 2.04. The molecule has 0 saturated heterocycles. The first-order chi connectivity index (χ1) is 15.5. The van der Waals surface area contributed by atoms with E-state index in [0.29, 0.717) is 0 Å². The summed E-state index contributed by atoms with van der Waals surface area (Å²) in [6.07, 6.45) is 0. The lowest BCUT2D eigenvalue weighted by Gasteiger charge is -2.09. The van der Waals surface area contributed by atoms with E-state index < -0.39 is 0 Å². The summed E-state index contributed by atoms with van der Waals surface area (Å²) in [5, 5.41) is 10.8. The molecule has 0 heterocycles. The molecular weight excluding hydrogens is 384 g/mol. The zero-order valence-electron chi connectivity index (χ0n) is 19.2. The highest BCUT2D eigenvalue weighted by Crippen LogP contribution is 2.29. The Hall–Kier alpha value is -3.64. The van der Waals surface area contributed by atoms with Crippen LogP contribution in [0.3, 0.4) is 0 Å². The van der Waals surface area contributed by atoms with E-state index >= 15 is 0 Å². The fraction of sp³-hybridized carbons (Fsp3) is 0.125. The molecule has 0 nitrogen and oxygen atoms in total. The molecule has 0 heteroatoms. The summed E-state index contributed by atoms with van der Waals surface area (Å²) in [7, 11) is 0. The van der Waals surface area contributed by atoms with Crippen LogP contribution >= 0.6 is 0 Å². The third kappa shape index (κ3) is 3.52. The summed E-state index contributed by atoms with van der Waals surface area (Å²) in [5.41, 5.74) is 5.44. The molecule has 0 N–H and O–H groups in total. The average molecular weight is 413 g/mol. The third-order valence-corrected chi connectivity index (χ3v) is 6.71. The molecule has 0 atom stereocenters. The van der Waals surface area contributed by atoms with E-state index in [1.54, 1.807) is 0 Å². The molecule has 6 aromatic carbocycles. The Morgan fingerprint density at radius 3 is 1.38 bits per heavy atom. The molecule has 0 saturated carbocycles. The van der Waals surface area contributed by atoms with Crippen LogP contribution < -0.4 is 0 Å². The molecule has 0 bridgehead atoms. The summed E-state index contributed by atoms with van der Waals surface area (Å²) in [4.78, 5) is 0. The number of fused-ring (bicyclic) bond motifs is 4. The Bertz CT molecular complexity index is 1520. The largest absolute Gasteiger partial charge is 0.0616 e. The quantitative estimate of drug-likeness (QED) is 0.218. The highest BCUT2D eigenvalue weighted by atomic mass is 14.1. The molecule has 6 aromatic rings. The van der Waals surface area contributed by atoms with Gasteiger partial charge in [-0.3, -0.25) is 0 Å². The fourth-order valence-electron chi connectivity index (χ4n) is 4.83. The predicted octanol–water partition coefficient (Wildman–Crippen LogP) is 9.22. The lowest BCUT2D eigenvalue weighted by molar-refractivity contribution is 1.51. The van der Waals surface area contributed by atoms with Crippen LogP contribution in [0.4, 0.5) is 0 Å². The van der Waals surface area contributed by atoms with E-state index in [1.807, 2.05) is 0 Å². The van der Waals surface area contributed by atoms with Crippen LogP contribution in [0.25, 0.3) is 43.1 Å². The average Bonchev–Trinajstić information content (AvgIpc) is 2.80. The molecule has 0 fully saturated rings. The molecule has 0 amide bonds. The summed E-state index contributed by atoms with van der Waals surface area (Å²) in [6.45, 7) is 8.73. The van der Waals surface area contributed by atoms with Gasteiger partial charge >= 0.3 is 0 Å². The summed E-state index contributed by atoms with van der Waals surface area (Å²) < 4.78 is 0. The maximum atomic E-state index is 2.30. The van der Waals surface area contributed by atoms with Gasteiger partial charge in [-0.2, -0.15) is 0 Å². The van der Waals surface area contributed by atoms with Gasteiger partial charge in [0.25, 0.3) is 0 Å². The topological polar surface area (TPSA) is 0 Å². The summed E-state index contributed by atoms with van der Waals surface area (Å²) in [6, 6.07) is 35.0. The van der Waals surface area contributed by atoms with Crippen LogP contribution in [0.2, 0.25) is 0 Å². The minimum Gasteiger partial charge on any atom is -0.0616 e. The van der Waals surface area contributed by atoms with Crippen LogP contribution in [0, 0.1) is 27.7 Å². The smallest absolute Gasteiger partial charge is 0.0146 e. The maximum Gasteiger partial charge on any atom is -0.0146 e. The van der Waals surface area contributed by atoms with E-state index in [9.17, 15) is 0 Å². The molecule has 0 spiro atoms. The highest BCUT2D eigenvalue weighted by molar-refractivity contribution is 6.03. The zero-order valence-corrected chi connectivity index (χ0v) is 19.2. The third-order valence-electron chi connectivity index (χ3n) is 6.71. The van der Waals surface area contributed by atoms with Gasteiger partial charge in [0, 0.05) is 0 Å². The second-order valence-corrected chi connectivity index (χ2v) is 8.84. The first kappa shape index (κ1) is 20.3. The molecule has 0 radical (unpaired) electrons. The van der Waals surface area contributed by atoms with Gasteiger partial charge < -0.3 is 0 Å². The van der Waals surface area contributed by atoms with Gasteiger partial charge in [-0.15, -0.1) is 0 Å². The van der Waals surface area contributed by atoms with Crippen molar-refractivity contribution in [1.82, 2.24) is 0 Å². The van der Waals surface area contributed by atoms with Crippen molar-refractivity contribution in [3.63, 3.8) is 0 Å². The van der Waals surface area contributed by atoms with Gasteiger partial charge in [0.05, 0.1) is 0 Å². The number of aryl methyl sites for hydroxylation is 4. The second kappa shape index (κ2) is 8.13. The minimum atomic E-state index is 1.34. The second-order valence-electron chi connectivity index (χ2n) is 8.84. The van der Waals surface area contributed by atoms with Crippen molar-refractivity contribution in [2.45, 2.75) is 27.7 Å². The number of hydrogen-bond donors (Lipinski definition) is 0. The summed E-state index contributed by atoms with van der Waals surface area (Å²) in [5.74, 6) is 0. The van der Waals surface area contributed by atoms with E-state index in [0.717, 1.165) is 0 Å². The van der Waals surface area contributed by atoms with Gasteiger partial charge in [0.15, 0.2) is 0 Å². The van der Waals surface area contributed by atoms with Gasteiger partial charge in [0.2, 0.25) is 0 Å². The van der Waals surface area contributed by atoms with Gasteiger partial charge in [-0.05, 0) is 111 Å². The first-order valence-corrected chi connectivity index (χ1v) is 11.3. The van der Waals surface area contributed by atoms with Crippen LogP contribution in [0.15, 0.2) is 97.1 Å². The molecule has 0 aromatic heterocycles. The van der Waals surface area contributed by atoms with Gasteiger partial charge in [-0.25, -0.2) is 0 Å². The normalized spacial score (nSPS) is 11.1. The lowest BCUT2D eigenvalue weighted by atomic mass is 9.95. The molecule has 0 unspecified atom stereocenters. The Morgan fingerprint density at radius 1 is 0.344 bits per heavy atom. The zero-order chi connectivity index (χ0) is 22.2. The fourth-order valence-corrected chi connectivity index (χ4v) is 4.83. The number of benzene rings is 6. The van der Waals surface area contributed by atoms with E-state index in [4.69, 9.17) is 0 Å². The molecule has 0 aliphatic heterocycles. The van der Waals surface area contributed by atoms with E-state index in [-0.39, 0.29) is 0 Å². The van der Waals surface area contributed by atoms with Crippen molar-refractivity contribution in [2.24, 2.45) is 0 Å². The van der Waals surface area contributed by atoms with Crippen molar-refractivity contribution < 1.29 is 0 Å². The van der Waals surface area contributed by atoms with Crippen molar-refractivity contribution in [1.29, 1.82) is 0 Å². The molecular formula is C32H28. The van der Waals surface area contributed by atoms with Crippen LogP contribution in [0.5, 0.6) is 0 Å².